The molecule has 1 aromatic heterocycles. The fourth-order valence-corrected chi connectivity index (χ4v) is 3.25. The molecule has 0 aliphatic carbocycles. The van der Waals surface area contributed by atoms with E-state index in [4.69, 9.17) is 4.74 Å². The zero-order valence-electron chi connectivity index (χ0n) is 15.3. The summed E-state index contributed by atoms with van der Waals surface area (Å²) < 4.78 is 5.75. The smallest absolute Gasteiger partial charge is 0.223 e. The molecule has 0 atom stereocenters. The highest BCUT2D eigenvalue weighted by atomic mass is 16.5. The lowest BCUT2D eigenvalue weighted by Gasteiger charge is -2.15. The van der Waals surface area contributed by atoms with E-state index in [0.29, 0.717) is 41.8 Å². The van der Waals surface area contributed by atoms with Gasteiger partial charge < -0.3 is 20.3 Å². The van der Waals surface area contributed by atoms with Crippen LogP contribution < -0.4 is 15.4 Å². The van der Waals surface area contributed by atoms with Crippen LogP contribution in [0.2, 0.25) is 0 Å². The van der Waals surface area contributed by atoms with E-state index in [1.807, 2.05) is 29.2 Å². The van der Waals surface area contributed by atoms with E-state index >= 15 is 0 Å². The molecule has 0 saturated carbocycles. The predicted octanol–water partition coefficient (Wildman–Crippen LogP) is 2.60. The van der Waals surface area contributed by atoms with Crippen molar-refractivity contribution in [3.8, 4) is 11.8 Å². The van der Waals surface area contributed by atoms with E-state index < -0.39 is 0 Å². The molecular weight excluding hydrogens is 356 g/mol. The van der Waals surface area contributed by atoms with Gasteiger partial charge in [0, 0.05) is 32.3 Å². The number of fused-ring (bicyclic) bond motifs is 1. The summed E-state index contributed by atoms with van der Waals surface area (Å²) in [7, 11) is 0. The Kier molecular flexibility index (Phi) is 5.06. The first-order chi connectivity index (χ1) is 13.7. The maximum absolute atomic E-state index is 11.6. The zero-order valence-corrected chi connectivity index (χ0v) is 15.3. The van der Waals surface area contributed by atoms with E-state index in [9.17, 15) is 10.1 Å². The topological polar surface area (TPSA) is 103 Å². The largest absolute Gasteiger partial charge is 0.437 e. The van der Waals surface area contributed by atoms with Crippen molar-refractivity contribution in [3.05, 3.63) is 48.1 Å². The van der Waals surface area contributed by atoms with Crippen LogP contribution in [0.5, 0.6) is 5.75 Å². The van der Waals surface area contributed by atoms with Crippen LogP contribution >= 0.6 is 0 Å². The Morgan fingerprint density at radius 2 is 2.25 bits per heavy atom. The standard InChI is InChI=1S/C20H20N6O2/c21-13-14(19-24-16-5-1-2-6-17(16)28-19)15-8-10-23-20(25-15)22-9-4-12-26-11-3-7-18(26)27/h1-2,5-6,8,10,24H,3-4,7,9,11-12H2,(H,22,23,25). The van der Waals surface area contributed by atoms with Crippen LogP contribution in [0, 0.1) is 11.3 Å². The second-order valence-corrected chi connectivity index (χ2v) is 6.57. The Labute approximate surface area is 162 Å². The van der Waals surface area contributed by atoms with Gasteiger partial charge in [-0.3, -0.25) is 4.79 Å². The second kappa shape index (κ2) is 7.96. The first kappa shape index (κ1) is 17.8. The summed E-state index contributed by atoms with van der Waals surface area (Å²) in [6.45, 7) is 2.22. The van der Waals surface area contributed by atoms with Gasteiger partial charge in [-0.1, -0.05) is 12.1 Å². The highest BCUT2D eigenvalue weighted by molar-refractivity contribution is 5.81. The minimum Gasteiger partial charge on any atom is -0.437 e. The van der Waals surface area contributed by atoms with Gasteiger partial charge >= 0.3 is 0 Å². The molecule has 0 radical (unpaired) electrons. The summed E-state index contributed by atoms with van der Waals surface area (Å²) in [5.74, 6) is 1.71. The van der Waals surface area contributed by atoms with Crippen LogP contribution in [-0.4, -0.2) is 40.4 Å². The van der Waals surface area contributed by atoms with Crippen molar-refractivity contribution in [2.45, 2.75) is 19.3 Å². The van der Waals surface area contributed by atoms with Crippen LogP contribution in [0.25, 0.3) is 5.57 Å². The molecular formula is C20H20N6O2. The second-order valence-electron chi connectivity index (χ2n) is 6.57. The van der Waals surface area contributed by atoms with Crippen molar-refractivity contribution in [1.82, 2.24) is 14.9 Å². The molecule has 1 fully saturated rings. The Morgan fingerprint density at radius 1 is 1.36 bits per heavy atom. The summed E-state index contributed by atoms with van der Waals surface area (Å²) >= 11 is 0. The maximum Gasteiger partial charge on any atom is 0.223 e. The van der Waals surface area contributed by atoms with E-state index in [0.717, 1.165) is 31.6 Å². The third-order valence-corrected chi connectivity index (χ3v) is 4.66. The Hall–Kier alpha value is -3.60. The van der Waals surface area contributed by atoms with Crippen LogP contribution in [0.1, 0.15) is 25.0 Å². The van der Waals surface area contributed by atoms with Gasteiger partial charge in [0.2, 0.25) is 17.7 Å². The van der Waals surface area contributed by atoms with Crippen LogP contribution in [-0.2, 0) is 4.79 Å². The summed E-state index contributed by atoms with van der Waals surface area (Å²) in [4.78, 5) is 22.2. The molecule has 2 aliphatic rings. The third-order valence-electron chi connectivity index (χ3n) is 4.66. The van der Waals surface area contributed by atoms with Gasteiger partial charge in [0.05, 0.1) is 11.4 Å². The molecule has 4 rings (SSSR count). The molecule has 3 heterocycles. The van der Waals surface area contributed by atoms with Crippen LogP contribution in [0.4, 0.5) is 11.6 Å². The van der Waals surface area contributed by atoms with Gasteiger partial charge in [-0.05, 0) is 31.0 Å². The Morgan fingerprint density at radius 3 is 3.04 bits per heavy atom. The number of benzene rings is 1. The number of anilines is 2. The minimum absolute atomic E-state index is 0.230. The fraction of sp³-hybridized carbons (Fsp3) is 0.300. The van der Waals surface area contributed by atoms with Gasteiger partial charge in [0.25, 0.3) is 0 Å². The number of aromatic nitrogens is 2. The van der Waals surface area contributed by atoms with Gasteiger partial charge in [-0.25, -0.2) is 9.97 Å². The predicted molar refractivity (Wildman–Crippen MR) is 104 cm³/mol. The minimum atomic E-state index is 0.230. The third kappa shape index (κ3) is 3.74. The van der Waals surface area contributed by atoms with Gasteiger partial charge in [0.1, 0.15) is 11.6 Å². The lowest BCUT2D eigenvalue weighted by Crippen LogP contribution is -2.27. The number of likely N-dealkylation sites (tertiary alicyclic amines) is 1. The van der Waals surface area contributed by atoms with Crippen molar-refractivity contribution in [3.63, 3.8) is 0 Å². The molecule has 8 nitrogen and oxygen atoms in total. The summed E-state index contributed by atoms with van der Waals surface area (Å²) in [6, 6.07) is 11.3. The van der Waals surface area contributed by atoms with Crippen molar-refractivity contribution in [2.24, 2.45) is 0 Å². The number of hydrogen-bond acceptors (Lipinski definition) is 7. The number of hydrogen-bond donors (Lipinski definition) is 2. The van der Waals surface area contributed by atoms with Crippen molar-refractivity contribution < 1.29 is 9.53 Å². The molecule has 8 heteroatoms. The Balaban J connectivity index is 1.41. The fourth-order valence-electron chi connectivity index (χ4n) is 3.25. The molecule has 28 heavy (non-hydrogen) atoms. The van der Waals surface area contributed by atoms with E-state index in [2.05, 4.69) is 26.7 Å². The first-order valence-corrected chi connectivity index (χ1v) is 9.28. The molecule has 1 aromatic carbocycles. The monoisotopic (exact) mass is 376 g/mol. The maximum atomic E-state index is 11.6. The lowest BCUT2D eigenvalue weighted by atomic mass is 10.2. The molecule has 2 aromatic rings. The van der Waals surface area contributed by atoms with E-state index in [1.54, 1.807) is 12.3 Å². The first-order valence-electron chi connectivity index (χ1n) is 9.28. The highest BCUT2D eigenvalue weighted by Crippen LogP contribution is 2.35. The number of carbonyl (C=O) groups excluding carboxylic acids is 1. The number of rotatable bonds is 6. The quantitative estimate of drug-likeness (QED) is 0.590. The van der Waals surface area contributed by atoms with Gasteiger partial charge in [-0.2, -0.15) is 5.26 Å². The van der Waals surface area contributed by atoms with Crippen molar-refractivity contribution in [2.75, 3.05) is 30.3 Å². The number of carbonyl (C=O) groups is 1. The van der Waals surface area contributed by atoms with E-state index in [-0.39, 0.29) is 5.91 Å². The van der Waals surface area contributed by atoms with Crippen LogP contribution in [0.15, 0.2) is 42.4 Å². The number of nitriles is 1. The SMILES string of the molecule is N#CC(=C1Nc2ccccc2O1)c1ccnc(NCCCN2CCCC2=O)n1. The molecule has 0 bridgehead atoms. The molecule has 0 spiro atoms. The molecule has 2 aliphatic heterocycles. The summed E-state index contributed by atoms with van der Waals surface area (Å²) in [5.41, 5.74) is 1.60. The molecule has 2 N–H and O–H groups in total. The molecule has 1 saturated heterocycles. The summed E-state index contributed by atoms with van der Waals surface area (Å²) in [5, 5.41) is 15.9. The molecule has 0 unspecified atom stereocenters. The van der Waals surface area contributed by atoms with Crippen molar-refractivity contribution in [1.29, 1.82) is 5.26 Å². The van der Waals surface area contributed by atoms with Gasteiger partial charge in [-0.15, -0.1) is 0 Å². The number of ether oxygens (including phenoxy) is 1. The van der Waals surface area contributed by atoms with Crippen LogP contribution in [0.3, 0.4) is 0 Å². The van der Waals surface area contributed by atoms with E-state index in [1.165, 1.54) is 0 Å². The lowest BCUT2D eigenvalue weighted by molar-refractivity contribution is -0.127. The number of allylic oxidation sites excluding steroid dienone is 1. The average Bonchev–Trinajstić information content (AvgIpc) is 3.32. The average molecular weight is 376 g/mol. The molecule has 1 amide bonds. The number of nitrogens with zero attached hydrogens (tertiary/aromatic N) is 4. The number of para-hydroxylation sites is 2. The zero-order chi connectivity index (χ0) is 19.3. The molecule has 142 valence electrons. The Bertz CT molecular complexity index is 938. The number of amides is 1. The highest BCUT2D eigenvalue weighted by Gasteiger charge is 2.22. The van der Waals surface area contributed by atoms with Crippen molar-refractivity contribution >= 4 is 23.1 Å². The summed E-state index contributed by atoms with van der Waals surface area (Å²) in [6.07, 6.45) is 4.02. The van der Waals surface area contributed by atoms with Gasteiger partial charge in [0.15, 0.2) is 5.75 Å². The normalized spacial score (nSPS) is 16.8. The number of nitrogens with one attached hydrogen (secondary N) is 2.